The predicted molar refractivity (Wildman–Crippen MR) is 153 cm³/mol. The van der Waals surface area contributed by atoms with Crippen molar-refractivity contribution in [1.82, 2.24) is 30.0 Å². The van der Waals surface area contributed by atoms with Gasteiger partial charge in [-0.25, -0.2) is 14.8 Å². The van der Waals surface area contributed by atoms with Crippen LogP contribution in [0.2, 0.25) is 10.2 Å². The molecule has 0 radical (unpaired) electrons. The number of aromatic nitrogens is 4. The smallest absolute Gasteiger partial charge is 0.327 e. The Morgan fingerprint density at radius 3 is 2.48 bits per heavy atom. The van der Waals surface area contributed by atoms with Gasteiger partial charge in [0.2, 0.25) is 5.89 Å². The summed E-state index contributed by atoms with van der Waals surface area (Å²) in [5.41, 5.74) is 7.41. The SMILES string of the molecule is CC[C@H]1CN(c2nc(N)c(-c3nnc(C)o3)nc2Cl)CCN1C1CCN([C@@H](C(=O)OC)c2ccc(Cl)cc2)CC1. The average molecular weight is 590 g/mol. The number of benzene rings is 1. The second-order valence-corrected chi connectivity index (χ2v) is 11.0. The summed E-state index contributed by atoms with van der Waals surface area (Å²) in [6.07, 6.45) is 2.90. The third-order valence-corrected chi connectivity index (χ3v) is 8.34. The lowest BCUT2D eigenvalue weighted by molar-refractivity contribution is -0.148. The number of anilines is 2. The molecule has 2 atom stereocenters. The van der Waals surface area contributed by atoms with Gasteiger partial charge in [0.05, 0.1) is 7.11 Å². The molecule has 2 aliphatic heterocycles. The molecule has 0 amide bonds. The van der Waals surface area contributed by atoms with Crippen molar-refractivity contribution in [3.05, 3.63) is 45.9 Å². The highest BCUT2D eigenvalue weighted by Gasteiger charge is 2.37. The van der Waals surface area contributed by atoms with Crippen molar-refractivity contribution in [2.45, 2.75) is 51.2 Å². The number of nitrogen functional groups attached to an aromatic ring is 1. The van der Waals surface area contributed by atoms with E-state index in [9.17, 15) is 4.79 Å². The lowest BCUT2D eigenvalue weighted by Crippen LogP contribution is -2.59. The van der Waals surface area contributed by atoms with Crippen molar-refractivity contribution in [3.8, 4) is 11.6 Å². The predicted octanol–water partition coefficient (Wildman–Crippen LogP) is 4.00. The lowest BCUT2D eigenvalue weighted by Gasteiger charge is -2.48. The molecular formula is C27H34Cl2N8O3. The van der Waals surface area contributed by atoms with Crippen LogP contribution >= 0.6 is 23.2 Å². The molecule has 2 aliphatic rings. The first-order valence-corrected chi connectivity index (χ1v) is 14.3. The number of piperidine rings is 1. The van der Waals surface area contributed by atoms with Crippen molar-refractivity contribution in [1.29, 1.82) is 0 Å². The Kier molecular flexibility index (Phi) is 8.74. The molecule has 0 unspecified atom stereocenters. The molecule has 5 rings (SSSR count). The fourth-order valence-electron chi connectivity index (χ4n) is 5.80. The van der Waals surface area contributed by atoms with Crippen LogP contribution in [0.25, 0.3) is 11.6 Å². The minimum atomic E-state index is -0.438. The van der Waals surface area contributed by atoms with E-state index in [1.165, 1.54) is 7.11 Å². The number of likely N-dealkylation sites (tertiary alicyclic amines) is 1. The molecule has 0 spiro atoms. The van der Waals surface area contributed by atoms with E-state index in [4.69, 9.17) is 38.1 Å². The van der Waals surface area contributed by atoms with Gasteiger partial charge in [-0.3, -0.25) is 9.80 Å². The Balaban J connectivity index is 1.25. The molecular weight excluding hydrogens is 555 g/mol. The Hall–Kier alpha value is -2.99. The summed E-state index contributed by atoms with van der Waals surface area (Å²) in [4.78, 5) is 28.7. The second kappa shape index (κ2) is 12.3. The summed E-state index contributed by atoms with van der Waals surface area (Å²) in [6.45, 7) is 7.87. The van der Waals surface area contributed by atoms with Crippen LogP contribution in [0.4, 0.5) is 11.6 Å². The van der Waals surface area contributed by atoms with Gasteiger partial charge in [0, 0.05) is 56.8 Å². The van der Waals surface area contributed by atoms with Crippen molar-refractivity contribution < 1.29 is 13.9 Å². The van der Waals surface area contributed by atoms with Gasteiger partial charge >= 0.3 is 5.97 Å². The highest BCUT2D eigenvalue weighted by atomic mass is 35.5. The summed E-state index contributed by atoms with van der Waals surface area (Å²) >= 11 is 12.7. The van der Waals surface area contributed by atoms with Crippen LogP contribution in [0.1, 0.15) is 43.7 Å². The highest BCUT2D eigenvalue weighted by Crippen LogP contribution is 2.33. The van der Waals surface area contributed by atoms with Crippen molar-refractivity contribution >= 4 is 40.8 Å². The molecule has 2 saturated heterocycles. The number of rotatable bonds is 7. The molecule has 13 heteroatoms. The van der Waals surface area contributed by atoms with Gasteiger partial charge in [0.25, 0.3) is 5.89 Å². The van der Waals surface area contributed by atoms with Crippen LogP contribution in [0, 0.1) is 6.92 Å². The molecule has 1 aromatic carbocycles. The van der Waals surface area contributed by atoms with Crippen LogP contribution < -0.4 is 10.6 Å². The summed E-state index contributed by atoms with van der Waals surface area (Å²) in [5, 5.41) is 8.72. The van der Waals surface area contributed by atoms with E-state index < -0.39 is 6.04 Å². The molecule has 3 aromatic rings. The molecule has 2 aromatic heterocycles. The monoisotopic (exact) mass is 588 g/mol. The van der Waals surface area contributed by atoms with Crippen LogP contribution in [0.5, 0.6) is 0 Å². The maximum Gasteiger partial charge on any atom is 0.327 e. The van der Waals surface area contributed by atoms with Gasteiger partial charge in [-0.2, -0.15) is 0 Å². The fourth-order valence-corrected chi connectivity index (χ4v) is 6.18. The zero-order chi connectivity index (χ0) is 28.4. The number of nitrogens with zero attached hydrogens (tertiary/aromatic N) is 7. The maximum atomic E-state index is 12.7. The van der Waals surface area contributed by atoms with E-state index >= 15 is 0 Å². The molecule has 0 saturated carbocycles. The molecule has 4 heterocycles. The number of hydrogen-bond donors (Lipinski definition) is 1. The molecule has 11 nitrogen and oxygen atoms in total. The van der Waals surface area contributed by atoms with Crippen LogP contribution in [-0.4, -0.2) is 87.9 Å². The van der Waals surface area contributed by atoms with Gasteiger partial charge < -0.3 is 19.8 Å². The summed E-state index contributed by atoms with van der Waals surface area (Å²) in [5.74, 6) is 1.13. The number of hydrogen-bond acceptors (Lipinski definition) is 11. The molecule has 214 valence electrons. The number of esters is 1. The van der Waals surface area contributed by atoms with E-state index in [2.05, 4.69) is 41.8 Å². The van der Waals surface area contributed by atoms with Gasteiger partial charge in [0.15, 0.2) is 22.5 Å². The number of carbonyl (C=O) groups is 1. The van der Waals surface area contributed by atoms with E-state index in [0.29, 0.717) is 28.8 Å². The topological polar surface area (TPSA) is 127 Å². The van der Waals surface area contributed by atoms with Crippen molar-refractivity contribution in [2.24, 2.45) is 0 Å². The van der Waals surface area contributed by atoms with Gasteiger partial charge in [0.1, 0.15) is 6.04 Å². The Labute approximate surface area is 243 Å². The van der Waals surface area contributed by atoms with Gasteiger partial charge in [-0.1, -0.05) is 42.3 Å². The molecule has 2 fully saturated rings. The maximum absolute atomic E-state index is 12.7. The zero-order valence-corrected chi connectivity index (χ0v) is 24.4. The largest absolute Gasteiger partial charge is 0.468 e. The number of methoxy groups -OCH3 is 1. The Bertz CT molecular complexity index is 1330. The van der Waals surface area contributed by atoms with Crippen LogP contribution in [0.3, 0.4) is 0 Å². The third-order valence-electron chi connectivity index (χ3n) is 7.83. The first kappa shape index (κ1) is 28.5. The van der Waals surface area contributed by atoms with Gasteiger partial charge in [-0.15, -0.1) is 10.2 Å². The zero-order valence-electron chi connectivity index (χ0n) is 22.9. The number of ether oxygens (including phenoxy) is 1. The minimum absolute atomic E-state index is 0.198. The normalized spacial score (nSPS) is 20.0. The number of aryl methyl sites for hydroxylation is 1. The number of carbonyl (C=O) groups excluding carboxylic acids is 1. The Morgan fingerprint density at radius 1 is 1.12 bits per heavy atom. The molecule has 40 heavy (non-hydrogen) atoms. The molecule has 0 bridgehead atoms. The number of piperazine rings is 1. The van der Waals surface area contributed by atoms with Gasteiger partial charge in [-0.05, 0) is 37.0 Å². The minimum Gasteiger partial charge on any atom is -0.468 e. The first-order chi connectivity index (χ1) is 19.3. The standard InChI is InChI=1S/C27H34Cl2N8O3/c1-4-19-15-36(25-23(29)31-21(24(30)32-25)26-34-33-16(2)40-26)13-14-37(19)20-9-11-35(12-10-20)22(27(38)39-3)17-5-7-18(28)8-6-17/h5-8,19-20,22H,4,9-15H2,1-3H3,(H2,30,32)/t19-,22+/m0/s1. The second-order valence-electron chi connectivity index (χ2n) is 10.2. The van der Waals surface area contributed by atoms with E-state index in [-0.39, 0.29) is 28.5 Å². The van der Waals surface area contributed by atoms with Crippen molar-refractivity contribution in [2.75, 3.05) is 50.5 Å². The van der Waals surface area contributed by atoms with Crippen molar-refractivity contribution in [3.63, 3.8) is 0 Å². The summed E-state index contributed by atoms with van der Waals surface area (Å²) < 4.78 is 10.6. The highest BCUT2D eigenvalue weighted by molar-refractivity contribution is 6.32. The summed E-state index contributed by atoms with van der Waals surface area (Å²) in [7, 11) is 1.44. The summed E-state index contributed by atoms with van der Waals surface area (Å²) in [6, 6.07) is 7.73. The first-order valence-electron chi connectivity index (χ1n) is 13.5. The molecule has 2 N–H and O–H groups in total. The number of nitrogens with two attached hydrogens (primary N) is 1. The Morgan fingerprint density at radius 2 is 1.85 bits per heavy atom. The van der Waals surface area contributed by atoms with Crippen LogP contribution in [0.15, 0.2) is 28.7 Å². The third kappa shape index (κ3) is 5.88. The molecule has 0 aliphatic carbocycles. The van der Waals surface area contributed by atoms with E-state index in [0.717, 1.165) is 57.5 Å². The van der Waals surface area contributed by atoms with E-state index in [1.54, 1.807) is 6.92 Å². The quantitative estimate of drug-likeness (QED) is 0.402. The van der Waals surface area contributed by atoms with Crippen LogP contribution in [-0.2, 0) is 9.53 Å². The average Bonchev–Trinajstić information content (AvgIpc) is 3.41. The lowest BCUT2D eigenvalue weighted by atomic mass is 9.95. The number of halogens is 2. The fraction of sp³-hybridized carbons (Fsp3) is 0.519. The van der Waals surface area contributed by atoms with E-state index in [1.807, 2.05) is 24.3 Å².